The molecular formula is C12H14N4S2. The summed E-state index contributed by atoms with van der Waals surface area (Å²) in [5.41, 5.74) is 6.11. The SMILES string of the molecule is CCc1ccc(CNc2nccc(C(N)=S)n2)s1. The Morgan fingerprint density at radius 3 is 2.83 bits per heavy atom. The smallest absolute Gasteiger partial charge is 0.223 e. The minimum absolute atomic E-state index is 0.282. The monoisotopic (exact) mass is 278 g/mol. The first-order valence-electron chi connectivity index (χ1n) is 5.63. The van der Waals surface area contributed by atoms with Crippen molar-refractivity contribution in [2.24, 2.45) is 5.73 Å². The molecule has 18 heavy (non-hydrogen) atoms. The molecule has 0 aliphatic heterocycles. The van der Waals surface area contributed by atoms with Crippen LogP contribution in [0, 0.1) is 0 Å². The first kappa shape index (κ1) is 12.9. The Balaban J connectivity index is 2.01. The molecule has 2 heterocycles. The predicted octanol–water partition coefficient (Wildman–Crippen LogP) is 2.35. The molecule has 0 radical (unpaired) electrons. The fourth-order valence-corrected chi connectivity index (χ4v) is 2.47. The molecule has 0 spiro atoms. The van der Waals surface area contributed by atoms with Gasteiger partial charge in [0.15, 0.2) is 0 Å². The fourth-order valence-electron chi connectivity index (χ4n) is 1.45. The van der Waals surface area contributed by atoms with Crippen molar-refractivity contribution in [1.82, 2.24) is 9.97 Å². The Labute approximate surface area is 115 Å². The van der Waals surface area contributed by atoms with Crippen molar-refractivity contribution in [2.75, 3.05) is 5.32 Å². The first-order chi connectivity index (χ1) is 8.69. The molecular weight excluding hydrogens is 264 g/mol. The quantitative estimate of drug-likeness (QED) is 0.822. The number of rotatable bonds is 5. The van der Waals surface area contributed by atoms with Crippen LogP contribution in [0.5, 0.6) is 0 Å². The number of aryl methyl sites for hydroxylation is 1. The topological polar surface area (TPSA) is 63.8 Å². The van der Waals surface area contributed by atoms with Gasteiger partial charge in [0.1, 0.15) is 10.7 Å². The zero-order valence-corrected chi connectivity index (χ0v) is 11.6. The average Bonchev–Trinajstić information content (AvgIpc) is 2.84. The molecule has 0 aliphatic carbocycles. The van der Waals surface area contributed by atoms with Crippen molar-refractivity contribution in [3.05, 3.63) is 39.8 Å². The number of anilines is 1. The lowest BCUT2D eigenvalue weighted by Crippen LogP contribution is -2.13. The minimum atomic E-state index is 0.282. The van der Waals surface area contributed by atoms with E-state index in [1.54, 1.807) is 23.6 Å². The summed E-state index contributed by atoms with van der Waals surface area (Å²) < 4.78 is 0. The van der Waals surface area contributed by atoms with Gasteiger partial charge in [-0.1, -0.05) is 19.1 Å². The number of nitrogens with two attached hydrogens (primary N) is 1. The molecule has 0 aromatic carbocycles. The Hall–Kier alpha value is -1.53. The summed E-state index contributed by atoms with van der Waals surface area (Å²) in [4.78, 5) is 11.3. The van der Waals surface area contributed by atoms with E-state index in [1.165, 1.54) is 9.75 Å². The second-order valence-electron chi connectivity index (χ2n) is 3.70. The number of nitrogens with zero attached hydrogens (tertiary/aromatic N) is 2. The predicted molar refractivity (Wildman–Crippen MR) is 78.9 cm³/mol. The van der Waals surface area contributed by atoms with Crippen molar-refractivity contribution in [3.63, 3.8) is 0 Å². The van der Waals surface area contributed by atoms with Crippen LogP contribution < -0.4 is 11.1 Å². The van der Waals surface area contributed by atoms with Gasteiger partial charge < -0.3 is 11.1 Å². The lowest BCUT2D eigenvalue weighted by molar-refractivity contribution is 1.06. The maximum atomic E-state index is 5.53. The first-order valence-corrected chi connectivity index (χ1v) is 6.86. The van der Waals surface area contributed by atoms with E-state index >= 15 is 0 Å². The normalized spacial score (nSPS) is 10.3. The van der Waals surface area contributed by atoms with Gasteiger partial charge in [0.05, 0.1) is 6.54 Å². The largest absolute Gasteiger partial charge is 0.388 e. The van der Waals surface area contributed by atoms with Crippen LogP contribution in [-0.4, -0.2) is 15.0 Å². The molecule has 6 heteroatoms. The summed E-state index contributed by atoms with van der Waals surface area (Å²) in [5, 5.41) is 3.17. The number of nitrogens with one attached hydrogen (secondary N) is 1. The van der Waals surface area contributed by atoms with Crippen molar-refractivity contribution >= 4 is 34.5 Å². The molecule has 0 aliphatic rings. The Bertz CT molecular complexity index is 551. The highest BCUT2D eigenvalue weighted by Crippen LogP contribution is 2.17. The molecule has 0 amide bonds. The summed E-state index contributed by atoms with van der Waals surface area (Å²) in [6, 6.07) is 5.97. The standard InChI is InChI=1S/C12H14N4S2/c1-2-8-3-4-9(18-8)7-15-12-14-6-5-10(16-12)11(13)17/h3-6H,2,7H2,1H3,(H2,13,17)(H,14,15,16). The molecule has 2 aromatic rings. The molecule has 0 saturated carbocycles. The zero-order chi connectivity index (χ0) is 13.0. The Morgan fingerprint density at radius 2 is 2.17 bits per heavy atom. The van der Waals surface area contributed by atoms with Crippen LogP contribution in [-0.2, 0) is 13.0 Å². The van der Waals surface area contributed by atoms with Crippen LogP contribution in [0.15, 0.2) is 24.4 Å². The molecule has 0 atom stereocenters. The van der Waals surface area contributed by atoms with Gasteiger partial charge in [-0.05, 0) is 24.6 Å². The lowest BCUT2D eigenvalue weighted by Gasteiger charge is -2.04. The van der Waals surface area contributed by atoms with E-state index in [0.717, 1.165) is 6.42 Å². The molecule has 94 valence electrons. The minimum Gasteiger partial charge on any atom is -0.388 e. The molecule has 0 fully saturated rings. The van der Waals surface area contributed by atoms with Gasteiger partial charge in [0, 0.05) is 16.0 Å². The Kier molecular flexibility index (Phi) is 4.22. The fraction of sp³-hybridized carbons (Fsp3) is 0.250. The summed E-state index contributed by atoms with van der Waals surface area (Å²) in [6.45, 7) is 2.86. The van der Waals surface area contributed by atoms with Gasteiger partial charge in [-0.3, -0.25) is 0 Å². The lowest BCUT2D eigenvalue weighted by atomic mass is 10.3. The number of aromatic nitrogens is 2. The van der Waals surface area contributed by atoms with Crippen LogP contribution >= 0.6 is 23.6 Å². The van der Waals surface area contributed by atoms with Gasteiger partial charge in [-0.25, -0.2) is 9.97 Å². The van der Waals surface area contributed by atoms with Crippen LogP contribution in [0.4, 0.5) is 5.95 Å². The molecule has 0 unspecified atom stereocenters. The van der Waals surface area contributed by atoms with E-state index in [0.29, 0.717) is 18.2 Å². The van der Waals surface area contributed by atoms with Crippen LogP contribution in [0.25, 0.3) is 0 Å². The van der Waals surface area contributed by atoms with Gasteiger partial charge in [0.25, 0.3) is 0 Å². The highest BCUT2D eigenvalue weighted by atomic mass is 32.1. The van der Waals surface area contributed by atoms with Crippen molar-refractivity contribution in [3.8, 4) is 0 Å². The zero-order valence-electron chi connectivity index (χ0n) is 10.0. The van der Waals surface area contributed by atoms with Gasteiger partial charge in [-0.2, -0.15) is 0 Å². The highest BCUT2D eigenvalue weighted by molar-refractivity contribution is 7.80. The van der Waals surface area contributed by atoms with E-state index < -0.39 is 0 Å². The second kappa shape index (κ2) is 5.88. The third-order valence-electron chi connectivity index (χ3n) is 2.39. The molecule has 0 bridgehead atoms. The second-order valence-corrected chi connectivity index (χ2v) is 5.40. The number of thiophene rings is 1. The van der Waals surface area contributed by atoms with E-state index in [9.17, 15) is 0 Å². The molecule has 2 aromatic heterocycles. The molecule has 4 nitrogen and oxygen atoms in total. The molecule has 0 saturated heterocycles. The number of thiocarbonyl (C=S) groups is 1. The van der Waals surface area contributed by atoms with Crippen molar-refractivity contribution in [2.45, 2.75) is 19.9 Å². The van der Waals surface area contributed by atoms with Crippen molar-refractivity contribution < 1.29 is 0 Å². The van der Waals surface area contributed by atoms with E-state index in [-0.39, 0.29) is 4.99 Å². The molecule has 2 rings (SSSR count). The summed E-state index contributed by atoms with van der Waals surface area (Å²) in [6.07, 6.45) is 2.72. The van der Waals surface area contributed by atoms with E-state index in [4.69, 9.17) is 18.0 Å². The number of hydrogen-bond donors (Lipinski definition) is 2. The van der Waals surface area contributed by atoms with E-state index in [2.05, 4.69) is 34.3 Å². The third kappa shape index (κ3) is 3.24. The third-order valence-corrected chi connectivity index (χ3v) is 3.83. The molecule has 3 N–H and O–H groups in total. The van der Waals surface area contributed by atoms with Gasteiger partial charge in [-0.15, -0.1) is 11.3 Å². The summed E-state index contributed by atoms with van der Waals surface area (Å²) in [5.74, 6) is 0.548. The van der Waals surface area contributed by atoms with Gasteiger partial charge >= 0.3 is 0 Å². The van der Waals surface area contributed by atoms with Crippen molar-refractivity contribution in [1.29, 1.82) is 0 Å². The van der Waals surface area contributed by atoms with Crippen LogP contribution in [0.1, 0.15) is 22.4 Å². The highest BCUT2D eigenvalue weighted by Gasteiger charge is 2.03. The Morgan fingerprint density at radius 1 is 1.39 bits per heavy atom. The van der Waals surface area contributed by atoms with E-state index in [1.807, 2.05) is 0 Å². The maximum absolute atomic E-state index is 5.53. The maximum Gasteiger partial charge on any atom is 0.223 e. The summed E-state index contributed by atoms with van der Waals surface area (Å²) >= 11 is 6.67. The van der Waals surface area contributed by atoms with Crippen LogP contribution in [0.2, 0.25) is 0 Å². The average molecular weight is 278 g/mol. The summed E-state index contributed by atoms with van der Waals surface area (Å²) in [7, 11) is 0. The van der Waals surface area contributed by atoms with Gasteiger partial charge in [0.2, 0.25) is 5.95 Å². The number of hydrogen-bond acceptors (Lipinski definition) is 5. The van der Waals surface area contributed by atoms with Crippen LogP contribution in [0.3, 0.4) is 0 Å².